The van der Waals surface area contributed by atoms with Crippen LogP contribution >= 0.6 is 0 Å². The molecular weight excluding hydrogens is 749 g/mol. The molecule has 0 radical (unpaired) electrons. The van der Waals surface area contributed by atoms with Gasteiger partial charge in [0.1, 0.15) is 16.8 Å². The predicted octanol–water partition coefficient (Wildman–Crippen LogP) is 1.92. The normalized spacial score (nSPS) is 13.4. The molecule has 5 aromatic heterocycles. The molecule has 0 atom stereocenters. The second-order valence-corrected chi connectivity index (χ2v) is 13.9. The molecule has 4 amide bonds. The van der Waals surface area contributed by atoms with E-state index < -0.39 is 23.6 Å². The zero-order valence-corrected chi connectivity index (χ0v) is 32.6. The van der Waals surface area contributed by atoms with Crippen LogP contribution in [0.15, 0.2) is 48.9 Å². The van der Waals surface area contributed by atoms with Crippen molar-refractivity contribution in [1.29, 1.82) is 0 Å². The Morgan fingerprint density at radius 3 is 1.95 bits per heavy atom. The number of allylic oxidation sites excluding steroid dienone is 2. The molecule has 1 aromatic carbocycles. The Balaban J connectivity index is 1.21. The number of hydrogen-bond acceptors (Lipinski definition) is 12. The van der Waals surface area contributed by atoms with Gasteiger partial charge in [-0.1, -0.05) is 12.2 Å². The first kappa shape index (κ1) is 39.3. The fraction of sp³-hybridized carbons (Fsp3) is 0.342. The van der Waals surface area contributed by atoms with Crippen molar-refractivity contribution < 1.29 is 28.7 Å². The summed E-state index contributed by atoms with van der Waals surface area (Å²) in [6, 6.07) is 4.64. The maximum absolute atomic E-state index is 13.6. The first-order chi connectivity index (χ1) is 27.9. The van der Waals surface area contributed by atoms with Gasteiger partial charge in [0.2, 0.25) is 23.7 Å². The van der Waals surface area contributed by atoms with E-state index in [-0.39, 0.29) is 47.8 Å². The minimum Gasteiger partial charge on any atom is -0.491 e. The highest BCUT2D eigenvalue weighted by Crippen LogP contribution is 2.32. The van der Waals surface area contributed by atoms with Crippen LogP contribution in [0.2, 0.25) is 0 Å². The Kier molecular flexibility index (Phi) is 11.3. The van der Waals surface area contributed by atoms with Crippen molar-refractivity contribution in [2.24, 2.45) is 25.6 Å². The summed E-state index contributed by atoms with van der Waals surface area (Å²) in [6.45, 7) is 8.12. The topological polar surface area (TPSA) is 250 Å². The molecule has 1 saturated heterocycles. The number of morpholine rings is 1. The summed E-state index contributed by atoms with van der Waals surface area (Å²) >= 11 is 0. The number of imidazole rings is 4. The number of amides is 4. The number of pyridine rings is 1. The molecular formula is C38H44N14O6. The van der Waals surface area contributed by atoms with Crippen molar-refractivity contribution in [3.05, 3.63) is 83.1 Å². The number of hydrogen-bond donors (Lipinski definition) is 4. The van der Waals surface area contributed by atoms with Crippen LogP contribution in [0, 0.1) is 13.8 Å². The summed E-state index contributed by atoms with van der Waals surface area (Å²) in [7, 11) is 3.44. The van der Waals surface area contributed by atoms with Crippen LogP contribution in [0.1, 0.15) is 59.8 Å². The van der Waals surface area contributed by atoms with Gasteiger partial charge >= 0.3 is 0 Å². The number of nitrogens with two attached hydrogens (primary N) is 2. The van der Waals surface area contributed by atoms with Crippen molar-refractivity contribution in [3.8, 4) is 5.75 Å². The molecule has 20 heteroatoms. The van der Waals surface area contributed by atoms with E-state index in [1.807, 2.05) is 12.2 Å². The molecule has 1 aliphatic heterocycles. The number of nitrogens with zero attached hydrogens (tertiary/aromatic N) is 10. The number of benzene rings is 1. The molecule has 0 aliphatic carbocycles. The van der Waals surface area contributed by atoms with Crippen molar-refractivity contribution in [1.82, 2.24) is 48.1 Å². The van der Waals surface area contributed by atoms with Gasteiger partial charge in [0.25, 0.3) is 11.8 Å². The maximum Gasteiger partial charge on any atom is 0.293 e. The molecule has 302 valence electrons. The summed E-state index contributed by atoms with van der Waals surface area (Å²) in [5, 5.41) is 5.71. The molecule has 1 fully saturated rings. The highest BCUT2D eigenvalue weighted by Gasteiger charge is 2.23. The molecule has 0 unspecified atom stereocenters. The average molecular weight is 793 g/mol. The van der Waals surface area contributed by atoms with Gasteiger partial charge in [-0.2, -0.15) is 0 Å². The van der Waals surface area contributed by atoms with Crippen LogP contribution in [0.3, 0.4) is 0 Å². The third-order valence-corrected chi connectivity index (χ3v) is 9.53. The number of carbonyl (C=O) groups is 4. The van der Waals surface area contributed by atoms with Gasteiger partial charge in [-0.25, -0.2) is 24.9 Å². The first-order valence-corrected chi connectivity index (χ1v) is 18.6. The highest BCUT2D eigenvalue weighted by atomic mass is 16.5. The zero-order chi connectivity index (χ0) is 41.1. The van der Waals surface area contributed by atoms with Gasteiger partial charge in [-0.05, 0) is 38.5 Å². The lowest BCUT2D eigenvalue weighted by atomic mass is 10.1. The number of fused-ring (bicyclic) bond motifs is 2. The number of ether oxygens (including phenoxy) is 2. The molecule has 7 rings (SSSR count). The lowest BCUT2D eigenvalue weighted by Crippen LogP contribution is -2.37. The number of aromatic nitrogens is 9. The van der Waals surface area contributed by atoms with E-state index in [2.05, 4.69) is 35.5 Å². The lowest BCUT2D eigenvalue weighted by Gasteiger charge is -2.26. The molecule has 58 heavy (non-hydrogen) atoms. The monoisotopic (exact) mass is 792 g/mol. The standard InChI is InChI=1S/C38H44N14O6/c1-22-20-48(3)33(42-22)35(55)46-37-44-26-16-24(30(39)53)18-28(58-13-7-8-50-11-14-57-15-12-50)29(26)51(37)9-5-6-10-52-32-27(17-25(19-41-32)31(40)54)45-38(52)47-36(56)34-43-23(2)21-49(34)4/h5-6,16-21H,7-15H2,1-4H3,(H2,39,53)(H2,40,54)(H,44,46,55)(H,45,47,56)/b6-5+. The molecule has 6 N–H and O–H groups in total. The second kappa shape index (κ2) is 16.7. The van der Waals surface area contributed by atoms with Crippen LogP contribution in [0.25, 0.3) is 22.2 Å². The van der Waals surface area contributed by atoms with Crippen LogP contribution in [0.5, 0.6) is 5.75 Å². The molecule has 0 bridgehead atoms. The van der Waals surface area contributed by atoms with Gasteiger partial charge in [0, 0.05) is 71.0 Å². The van der Waals surface area contributed by atoms with E-state index in [1.165, 1.54) is 12.3 Å². The van der Waals surface area contributed by atoms with E-state index in [4.69, 9.17) is 25.9 Å². The number of aryl methyl sites for hydroxylation is 4. The van der Waals surface area contributed by atoms with Crippen LogP contribution in [0.4, 0.5) is 11.9 Å². The maximum atomic E-state index is 13.6. The van der Waals surface area contributed by atoms with E-state index >= 15 is 0 Å². The van der Waals surface area contributed by atoms with Crippen molar-refractivity contribution in [3.63, 3.8) is 0 Å². The summed E-state index contributed by atoms with van der Waals surface area (Å²) in [5.74, 6) is -1.25. The third kappa shape index (κ3) is 8.42. The largest absolute Gasteiger partial charge is 0.491 e. The van der Waals surface area contributed by atoms with Crippen LogP contribution in [-0.4, -0.2) is 111 Å². The Labute approximate surface area is 331 Å². The summed E-state index contributed by atoms with van der Waals surface area (Å²) in [4.78, 5) is 76.0. The number of carbonyl (C=O) groups excluding carboxylic acids is 4. The number of nitrogens with one attached hydrogen (secondary N) is 2. The van der Waals surface area contributed by atoms with E-state index in [9.17, 15) is 19.2 Å². The van der Waals surface area contributed by atoms with E-state index in [0.717, 1.165) is 19.6 Å². The molecule has 1 aliphatic rings. The van der Waals surface area contributed by atoms with Gasteiger partial charge < -0.3 is 34.6 Å². The summed E-state index contributed by atoms with van der Waals surface area (Å²) in [6.07, 6.45) is 9.18. The zero-order valence-electron chi connectivity index (χ0n) is 32.6. The summed E-state index contributed by atoms with van der Waals surface area (Å²) < 4.78 is 18.4. The molecule has 6 aromatic rings. The number of anilines is 2. The van der Waals surface area contributed by atoms with Crippen molar-refractivity contribution in [2.75, 3.05) is 50.1 Å². The predicted molar refractivity (Wildman–Crippen MR) is 213 cm³/mol. The minimum absolute atomic E-state index is 0.158. The smallest absolute Gasteiger partial charge is 0.293 e. The van der Waals surface area contributed by atoms with Gasteiger partial charge in [0.15, 0.2) is 17.3 Å². The Morgan fingerprint density at radius 2 is 1.36 bits per heavy atom. The molecule has 20 nitrogen and oxygen atoms in total. The Hall–Kier alpha value is -6.93. The summed E-state index contributed by atoms with van der Waals surface area (Å²) in [5.41, 5.74) is 14.6. The van der Waals surface area contributed by atoms with Crippen LogP contribution in [-0.2, 0) is 31.9 Å². The van der Waals surface area contributed by atoms with E-state index in [0.29, 0.717) is 65.6 Å². The molecule has 0 spiro atoms. The Morgan fingerprint density at radius 1 is 0.793 bits per heavy atom. The quantitative estimate of drug-likeness (QED) is 0.0860. The molecule has 6 heterocycles. The van der Waals surface area contributed by atoms with Crippen LogP contribution < -0.4 is 26.8 Å². The minimum atomic E-state index is -0.671. The highest BCUT2D eigenvalue weighted by molar-refractivity contribution is 6.04. The SMILES string of the molecule is Cc1cn(C)c(C(=O)Nc2nc3cc(C(N)=O)cnc3n2C/C=C/Cn2c(NC(=O)c3nc(C)cn3C)nc3cc(C(N)=O)cc(OCCCN4CCOCC4)c32)n1. The second-order valence-electron chi connectivity index (χ2n) is 13.9. The van der Waals surface area contributed by atoms with E-state index in [1.54, 1.807) is 70.7 Å². The Bertz CT molecular complexity index is 2570. The average Bonchev–Trinajstić information content (AvgIpc) is 3.93. The number of primary amides is 2. The van der Waals surface area contributed by atoms with Crippen molar-refractivity contribution >= 4 is 57.7 Å². The first-order valence-electron chi connectivity index (χ1n) is 18.6. The van der Waals surface area contributed by atoms with Crippen molar-refractivity contribution in [2.45, 2.75) is 33.4 Å². The number of rotatable bonds is 15. The molecule has 0 saturated carbocycles. The van der Waals surface area contributed by atoms with Gasteiger partial charge in [-0.3, -0.25) is 39.3 Å². The van der Waals surface area contributed by atoms with Gasteiger partial charge in [0.05, 0.1) is 42.3 Å². The third-order valence-electron chi connectivity index (χ3n) is 9.53. The lowest BCUT2D eigenvalue weighted by molar-refractivity contribution is 0.0358. The fourth-order valence-electron chi connectivity index (χ4n) is 6.79. The van der Waals surface area contributed by atoms with Gasteiger partial charge in [-0.15, -0.1) is 0 Å². The fourth-order valence-corrected chi connectivity index (χ4v) is 6.79.